The van der Waals surface area contributed by atoms with Crippen LogP contribution < -0.4 is 5.73 Å². The summed E-state index contributed by atoms with van der Waals surface area (Å²) in [6.07, 6.45) is 6.16. The third-order valence-corrected chi connectivity index (χ3v) is 3.86. The van der Waals surface area contributed by atoms with Gasteiger partial charge in [-0.3, -0.25) is 5.41 Å². The van der Waals surface area contributed by atoms with Crippen LogP contribution in [0.2, 0.25) is 0 Å². The molecule has 4 heteroatoms. The van der Waals surface area contributed by atoms with Gasteiger partial charge in [-0.2, -0.15) is 0 Å². The van der Waals surface area contributed by atoms with Crippen molar-refractivity contribution in [2.45, 2.75) is 52.1 Å². The fourth-order valence-corrected chi connectivity index (χ4v) is 2.31. The average Bonchev–Trinajstić information content (AvgIpc) is 2.77. The van der Waals surface area contributed by atoms with Crippen LogP contribution in [0.5, 0.6) is 0 Å². The molecule has 1 rings (SSSR count). The molecule has 0 aromatic carbocycles. The van der Waals surface area contributed by atoms with Gasteiger partial charge in [0.1, 0.15) is 0 Å². The number of likely N-dealkylation sites (N-methyl/N-ethyl adjacent to an activating group) is 1. The standard InChI is InChI=1S/C14H29N3O/c1-14(2,13(15)16)8-4-5-9-17(3)11-12-7-6-10-18-12/h12H,4-11H2,1-3H3,(H3,15,16). The average molecular weight is 255 g/mol. The summed E-state index contributed by atoms with van der Waals surface area (Å²) in [7, 11) is 2.16. The van der Waals surface area contributed by atoms with Crippen molar-refractivity contribution >= 4 is 5.84 Å². The van der Waals surface area contributed by atoms with Gasteiger partial charge in [0.2, 0.25) is 0 Å². The molecule has 0 spiro atoms. The number of nitrogens with one attached hydrogen (secondary N) is 1. The number of nitrogens with two attached hydrogens (primary N) is 1. The Hall–Kier alpha value is -0.610. The Bertz CT molecular complexity index is 260. The van der Waals surface area contributed by atoms with Crippen LogP contribution in [0, 0.1) is 10.8 Å². The molecule has 0 saturated carbocycles. The van der Waals surface area contributed by atoms with E-state index in [2.05, 4.69) is 11.9 Å². The SMILES string of the molecule is CN(CCCCC(C)(C)C(=N)N)CC1CCCO1. The van der Waals surface area contributed by atoms with Crippen LogP contribution >= 0.6 is 0 Å². The molecule has 1 fully saturated rings. The second-order valence-corrected chi connectivity index (χ2v) is 6.15. The molecule has 0 radical (unpaired) electrons. The number of ether oxygens (including phenoxy) is 1. The van der Waals surface area contributed by atoms with E-state index in [1.54, 1.807) is 0 Å². The molecule has 0 aromatic rings. The molecule has 1 aliphatic heterocycles. The minimum atomic E-state index is -0.146. The highest BCUT2D eigenvalue weighted by Crippen LogP contribution is 2.22. The number of hydrogen-bond donors (Lipinski definition) is 2. The lowest BCUT2D eigenvalue weighted by Crippen LogP contribution is -2.31. The molecule has 1 heterocycles. The van der Waals surface area contributed by atoms with Gasteiger partial charge in [-0.05, 0) is 39.3 Å². The smallest absolute Gasteiger partial charge is 0.0963 e. The molecule has 0 aromatic heterocycles. The molecule has 1 unspecified atom stereocenters. The molecule has 3 N–H and O–H groups in total. The molecule has 0 amide bonds. The first kappa shape index (κ1) is 15.4. The summed E-state index contributed by atoms with van der Waals surface area (Å²) in [4.78, 5) is 2.36. The number of unbranched alkanes of at least 4 members (excludes halogenated alkanes) is 1. The highest BCUT2D eigenvalue weighted by molar-refractivity contribution is 5.82. The summed E-state index contributed by atoms with van der Waals surface area (Å²) >= 11 is 0. The topological polar surface area (TPSA) is 62.3 Å². The van der Waals surface area contributed by atoms with Crippen LogP contribution in [0.25, 0.3) is 0 Å². The lowest BCUT2D eigenvalue weighted by molar-refractivity contribution is 0.0806. The van der Waals surface area contributed by atoms with E-state index in [-0.39, 0.29) is 5.41 Å². The molecular formula is C14H29N3O. The Kier molecular flexibility index (Phi) is 6.09. The first-order valence-electron chi connectivity index (χ1n) is 7.06. The minimum absolute atomic E-state index is 0.146. The lowest BCUT2D eigenvalue weighted by atomic mass is 9.86. The Morgan fingerprint density at radius 3 is 2.72 bits per heavy atom. The summed E-state index contributed by atoms with van der Waals surface area (Å²) in [6, 6.07) is 0. The summed E-state index contributed by atoms with van der Waals surface area (Å²) < 4.78 is 5.63. The van der Waals surface area contributed by atoms with Crippen LogP contribution in [-0.4, -0.2) is 43.6 Å². The monoisotopic (exact) mass is 255 g/mol. The van der Waals surface area contributed by atoms with Crippen LogP contribution in [-0.2, 0) is 4.74 Å². The molecule has 0 aliphatic carbocycles. The fraction of sp³-hybridized carbons (Fsp3) is 0.929. The van der Waals surface area contributed by atoms with Gasteiger partial charge in [-0.15, -0.1) is 0 Å². The molecule has 1 atom stereocenters. The molecule has 4 nitrogen and oxygen atoms in total. The maximum atomic E-state index is 7.52. The van der Waals surface area contributed by atoms with Gasteiger partial charge >= 0.3 is 0 Å². The van der Waals surface area contributed by atoms with Crippen molar-refractivity contribution < 1.29 is 4.74 Å². The molecule has 106 valence electrons. The van der Waals surface area contributed by atoms with Gasteiger partial charge in [-0.25, -0.2) is 0 Å². The van der Waals surface area contributed by atoms with Crippen molar-refractivity contribution in [3.8, 4) is 0 Å². The van der Waals surface area contributed by atoms with Crippen LogP contribution in [0.1, 0.15) is 46.0 Å². The van der Waals surface area contributed by atoms with E-state index < -0.39 is 0 Å². The van der Waals surface area contributed by atoms with Crippen molar-refractivity contribution in [2.75, 3.05) is 26.7 Å². The molecule has 0 bridgehead atoms. The van der Waals surface area contributed by atoms with Gasteiger partial charge in [0.05, 0.1) is 11.9 Å². The third-order valence-electron chi connectivity index (χ3n) is 3.86. The maximum Gasteiger partial charge on any atom is 0.0963 e. The van der Waals surface area contributed by atoms with E-state index in [1.807, 2.05) is 13.8 Å². The zero-order chi connectivity index (χ0) is 13.6. The summed E-state index contributed by atoms with van der Waals surface area (Å²) in [5.41, 5.74) is 5.43. The van der Waals surface area contributed by atoms with Crippen LogP contribution in [0.3, 0.4) is 0 Å². The van der Waals surface area contributed by atoms with Crippen molar-refractivity contribution in [3.05, 3.63) is 0 Å². The van der Waals surface area contributed by atoms with Crippen molar-refractivity contribution in [1.29, 1.82) is 5.41 Å². The molecular weight excluding hydrogens is 226 g/mol. The predicted molar refractivity (Wildman–Crippen MR) is 76.0 cm³/mol. The summed E-state index contributed by atoms with van der Waals surface area (Å²) in [5.74, 6) is 0.301. The Labute approximate surface area is 111 Å². The fourth-order valence-electron chi connectivity index (χ4n) is 2.31. The first-order chi connectivity index (χ1) is 8.42. The Balaban J connectivity index is 2.08. The highest BCUT2D eigenvalue weighted by atomic mass is 16.5. The van der Waals surface area contributed by atoms with Crippen LogP contribution in [0.15, 0.2) is 0 Å². The van der Waals surface area contributed by atoms with E-state index in [4.69, 9.17) is 15.9 Å². The second-order valence-electron chi connectivity index (χ2n) is 6.15. The van der Waals surface area contributed by atoms with Crippen molar-refractivity contribution in [3.63, 3.8) is 0 Å². The van der Waals surface area contributed by atoms with Crippen molar-refractivity contribution in [2.24, 2.45) is 11.1 Å². The van der Waals surface area contributed by atoms with Gasteiger partial charge in [-0.1, -0.05) is 20.3 Å². The van der Waals surface area contributed by atoms with Gasteiger partial charge in [0, 0.05) is 18.6 Å². The van der Waals surface area contributed by atoms with E-state index >= 15 is 0 Å². The molecule has 1 saturated heterocycles. The first-order valence-corrected chi connectivity index (χ1v) is 7.06. The van der Waals surface area contributed by atoms with Crippen LogP contribution in [0.4, 0.5) is 0 Å². The summed E-state index contributed by atoms with van der Waals surface area (Å²) in [6.45, 7) is 7.19. The van der Waals surface area contributed by atoms with E-state index in [1.165, 1.54) is 19.3 Å². The minimum Gasteiger partial charge on any atom is -0.387 e. The largest absolute Gasteiger partial charge is 0.387 e. The van der Waals surface area contributed by atoms with E-state index in [0.717, 1.165) is 32.5 Å². The normalized spacial score (nSPS) is 20.6. The Morgan fingerprint density at radius 2 is 2.17 bits per heavy atom. The highest BCUT2D eigenvalue weighted by Gasteiger charge is 2.21. The van der Waals surface area contributed by atoms with Gasteiger partial charge in [0.15, 0.2) is 0 Å². The van der Waals surface area contributed by atoms with Gasteiger partial charge in [0.25, 0.3) is 0 Å². The quantitative estimate of drug-likeness (QED) is 0.397. The zero-order valence-corrected chi connectivity index (χ0v) is 12.2. The van der Waals surface area contributed by atoms with Crippen molar-refractivity contribution in [1.82, 2.24) is 4.90 Å². The van der Waals surface area contributed by atoms with Gasteiger partial charge < -0.3 is 15.4 Å². The zero-order valence-electron chi connectivity index (χ0n) is 12.2. The third kappa shape index (κ3) is 5.36. The maximum absolute atomic E-state index is 7.52. The number of hydrogen-bond acceptors (Lipinski definition) is 3. The molecule has 1 aliphatic rings. The summed E-state index contributed by atoms with van der Waals surface area (Å²) in [5, 5.41) is 7.52. The van der Waals surface area contributed by atoms with E-state index in [0.29, 0.717) is 11.9 Å². The molecule has 18 heavy (non-hydrogen) atoms. The number of amidine groups is 1. The second kappa shape index (κ2) is 7.10. The predicted octanol–water partition coefficient (Wildman–Crippen LogP) is 2.23. The van der Waals surface area contributed by atoms with E-state index in [9.17, 15) is 0 Å². The Morgan fingerprint density at radius 1 is 1.44 bits per heavy atom. The number of rotatable bonds is 8. The number of nitrogens with zero attached hydrogens (tertiary/aromatic N) is 1. The lowest BCUT2D eigenvalue weighted by Gasteiger charge is -2.24.